The van der Waals surface area contributed by atoms with Gasteiger partial charge in [0.15, 0.2) is 0 Å². The first-order valence-electron chi connectivity index (χ1n) is 4.79. The zero-order valence-electron chi connectivity index (χ0n) is 8.79. The van der Waals surface area contributed by atoms with Crippen LogP contribution in [0.2, 0.25) is 0 Å². The van der Waals surface area contributed by atoms with Crippen molar-refractivity contribution in [3.63, 3.8) is 0 Å². The number of aromatic amines is 2. The summed E-state index contributed by atoms with van der Waals surface area (Å²) in [5.41, 5.74) is -1.35. The highest BCUT2D eigenvalue weighted by Gasteiger charge is 2.13. The number of H-pyrrole nitrogens is 2. The molecular formula is C10H10N2O4. The van der Waals surface area contributed by atoms with Crippen molar-refractivity contribution in [3.8, 4) is 0 Å². The van der Waals surface area contributed by atoms with Gasteiger partial charge in [-0.25, -0.2) is 9.59 Å². The second kappa shape index (κ2) is 3.48. The van der Waals surface area contributed by atoms with Crippen LogP contribution in [0.25, 0.3) is 11.1 Å². The molecule has 0 unspecified atom stereocenters. The highest BCUT2D eigenvalue weighted by Crippen LogP contribution is 2.18. The summed E-state index contributed by atoms with van der Waals surface area (Å²) in [7, 11) is 0. The van der Waals surface area contributed by atoms with Crippen molar-refractivity contribution in [2.45, 2.75) is 19.8 Å². The number of hydrogen-bond acceptors (Lipinski definition) is 4. The highest BCUT2D eigenvalue weighted by atomic mass is 16.4. The highest BCUT2D eigenvalue weighted by molar-refractivity contribution is 5.75. The third kappa shape index (κ3) is 1.58. The van der Waals surface area contributed by atoms with Crippen molar-refractivity contribution >= 4 is 11.1 Å². The molecule has 0 spiro atoms. The van der Waals surface area contributed by atoms with Crippen molar-refractivity contribution in [1.82, 2.24) is 9.97 Å². The number of rotatable bonds is 1. The molecule has 0 saturated heterocycles. The Balaban J connectivity index is 3.08. The van der Waals surface area contributed by atoms with E-state index in [-0.39, 0.29) is 17.0 Å². The van der Waals surface area contributed by atoms with Gasteiger partial charge in [-0.1, -0.05) is 13.8 Å². The largest absolute Gasteiger partial charge is 0.405 e. The Morgan fingerprint density at radius 2 is 1.88 bits per heavy atom. The van der Waals surface area contributed by atoms with Crippen molar-refractivity contribution in [3.05, 3.63) is 42.9 Å². The monoisotopic (exact) mass is 222 g/mol. The molecule has 0 radical (unpaired) electrons. The summed E-state index contributed by atoms with van der Waals surface area (Å²) in [4.78, 5) is 38.2. The lowest BCUT2D eigenvalue weighted by atomic mass is 10.0. The van der Waals surface area contributed by atoms with Crippen LogP contribution in [0.5, 0.6) is 0 Å². The Morgan fingerprint density at radius 1 is 1.19 bits per heavy atom. The van der Waals surface area contributed by atoms with Crippen LogP contribution in [0.4, 0.5) is 0 Å². The van der Waals surface area contributed by atoms with Crippen LogP contribution in [0.1, 0.15) is 25.3 Å². The summed E-state index contributed by atoms with van der Waals surface area (Å²) in [5.74, 6) is -0.0152. The molecule has 0 amide bonds. The first-order chi connectivity index (χ1) is 7.49. The maximum Gasteiger partial charge on any atom is 0.337 e. The molecule has 2 aromatic rings. The predicted octanol–water partition coefficient (Wildman–Crippen LogP) is 0.293. The molecule has 0 aliphatic rings. The van der Waals surface area contributed by atoms with Crippen molar-refractivity contribution in [1.29, 1.82) is 0 Å². The molecule has 0 saturated carbocycles. The van der Waals surface area contributed by atoms with E-state index in [1.165, 1.54) is 6.07 Å². The Labute approximate surface area is 88.9 Å². The van der Waals surface area contributed by atoms with Crippen LogP contribution in [-0.2, 0) is 0 Å². The van der Waals surface area contributed by atoms with E-state index in [2.05, 4.69) is 9.97 Å². The van der Waals surface area contributed by atoms with Gasteiger partial charge in [0.1, 0.15) is 5.39 Å². The van der Waals surface area contributed by atoms with E-state index in [4.69, 9.17) is 4.42 Å². The Hall–Kier alpha value is -2.11. The van der Waals surface area contributed by atoms with E-state index in [1.54, 1.807) is 0 Å². The van der Waals surface area contributed by atoms with Gasteiger partial charge in [0.05, 0.1) is 0 Å². The molecule has 0 bridgehead atoms. The maximum absolute atomic E-state index is 11.6. The molecule has 16 heavy (non-hydrogen) atoms. The molecule has 6 heteroatoms. The van der Waals surface area contributed by atoms with Gasteiger partial charge in [0, 0.05) is 6.07 Å². The second-order valence-electron chi connectivity index (χ2n) is 3.79. The minimum Gasteiger partial charge on any atom is -0.405 e. The minimum atomic E-state index is -0.693. The molecule has 2 N–H and O–H groups in total. The molecule has 0 aromatic carbocycles. The number of aromatic nitrogens is 2. The fourth-order valence-corrected chi connectivity index (χ4v) is 1.59. The molecule has 2 aromatic heterocycles. The number of nitrogens with one attached hydrogen (secondary N) is 2. The maximum atomic E-state index is 11.6. The first-order valence-corrected chi connectivity index (χ1v) is 4.79. The number of hydrogen-bond donors (Lipinski definition) is 2. The fourth-order valence-electron chi connectivity index (χ4n) is 1.59. The van der Waals surface area contributed by atoms with Crippen LogP contribution >= 0.6 is 0 Å². The van der Waals surface area contributed by atoms with Gasteiger partial charge in [-0.15, -0.1) is 0 Å². The Morgan fingerprint density at radius 3 is 2.50 bits per heavy atom. The molecule has 0 atom stereocenters. The fraction of sp³-hybridized carbons (Fsp3) is 0.300. The molecule has 6 nitrogen and oxygen atoms in total. The summed E-state index contributed by atoms with van der Waals surface area (Å²) in [6.07, 6.45) is 0. The van der Waals surface area contributed by atoms with Crippen LogP contribution in [0, 0.1) is 0 Å². The van der Waals surface area contributed by atoms with E-state index < -0.39 is 16.9 Å². The summed E-state index contributed by atoms with van der Waals surface area (Å²) in [5, 5.41) is 0.217. The molecule has 2 rings (SSSR count). The molecule has 84 valence electrons. The minimum absolute atomic E-state index is 0.0152. The lowest BCUT2D eigenvalue weighted by Crippen LogP contribution is -2.24. The third-order valence-corrected chi connectivity index (χ3v) is 2.29. The van der Waals surface area contributed by atoms with Crippen molar-refractivity contribution < 1.29 is 4.42 Å². The van der Waals surface area contributed by atoms with Crippen LogP contribution in [-0.4, -0.2) is 9.97 Å². The van der Waals surface area contributed by atoms with Crippen LogP contribution in [0.3, 0.4) is 0 Å². The van der Waals surface area contributed by atoms with E-state index in [0.29, 0.717) is 5.56 Å². The average Bonchev–Trinajstić information content (AvgIpc) is 2.14. The molecule has 2 heterocycles. The average molecular weight is 222 g/mol. The van der Waals surface area contributed by atoms with Gasteiger partial charge < -0.3 is 4.42 Å². The summed E-state index contributed by atoms with van der Waals surface area (Å²) in [6.45, 7) is 3.69. The molecule has 0 fully saturated rings. The SMILES string of the molecule is CC(C)c1cc(=O)oc2[nH]c(=O)[nH]c(=O)c12. The summed E-state index contributed by atoms with van der Waals surface area (Å²) in [6, 6.07) is 1.26. The van der Waals surface area contributed by atoms with Gasteiger partial charge >= 0.3 is 11.3 Å². The molecular weight excluding hydrogens is 212 g/mol. The quantitative estimate of drug-likeness (QED) is 0.724. The smallest absolute Gasteiger partial charge is 0.337 e. The van der Waals surface area contributed by atoms with E-state index in [0.717, 1.165) is 0 Å². The van der Waals surface area contributed by atoms with Crippen LogP contribution < -0.4 is 16.9 Å². The summed E-state index contributed by atoms with van der Waals surface area (Å²) >= 11 is 0. The van der Waals surface area contributed by atoms with Gasteiger partial charge in [-0.2, -0.15) is 0 Å². The van der Waals surface area contributed by atoms with Gasteiger partial charge in [-0.05, 0) is 11.5 Å². The van der Waals surface area contributed by atoms with E-state index >= 15 is 0 Å². The Kier molecular flexibility index (Phi) is 2.26. The molecule has 0 aliphatic heterocycles. The standard InChI is InChI=1S/C10H10N2O4/c1-4(2)5-3-6(13)16-9-7(5)8(14)11-10(15)12-9/h3-4H,1-2H3,(H2,11,12,14,15). The van der Waals surface area contributed by atoms with Gasteiger partial charge in [-0.3, -0.25) is 14.8 Å². The molecule has 0 aliphatic carbocycles. The lowest BCUT2D eigenvalue weighted by molar-refractivity contribution is 0.543. The topological polar surface area (TPSA) is 95.9 Å². The first kappa shape index (κ1) is 10.4. The van der Waals surface area contributed by atoms with Crippen molar-refractivity contribution in [2.24, 2.45) is 0 Å². The lowest BCUT2D eigenvalue weighted by Gasteiger charge is -2.06. The zero-order valence-corrected chi connectivity index (χ0v) is 8.79. The van der Waals surface area contributed by atoms with Crippen LogP contribution in [0.15, 0.2) is 24.9 Å². The van der Waals surface area contributed by atoms with Gasteiger partial charge in [0.2, 0.25) is 5.71 Å². The summed E-state index contributed by atoms with van der Waals surface area (Å²) < 4.78 is 4.78. The van der Waals surface area contributed by atoms with Gasteiger partial charge in [0.25, 0.3) is 5.56 Å². The zero-order chi connectivity index (χ0) is 11.9. The van der Waals surface area contributed by atoms with E-state index in [9.17, 15) is 14.4 Å². The predicted molar refractivity (Wildman–Crippen MR) is 57.8 cm³/mol. The van der Waals surface area contributed by atoms with E-state index in [1.807, 2.05) is 13.8 Å². The third-order valence-electron chi connectivity index (χ3n) is 2.29. The number of fused-ring (bicyclic) bond motifs is 1. The Bertz CT molecular complexity index is 700. The second-order valence-corrected chi connectivity index (χ2v) is 3.79. The normalized spacial score (nSPS) is 11.2. The van der Waals surface area contributed by atoms with Crippen molar-refractivity contribution in [2.75, 3.05) is 0 Å².